The van der Waals surface area contributed by atoms with Crippen LogP contribution in [-0.4, -0.2) is 38.7 Å². The molecule has 2 aromatic heterocycles. The standard InChI is InChI=1S/C18H23N5O5S/c1-18(2,3)10-5-6-11-12(7-10)29-15(14(11)16(25)28-4)20-13(24)8-22-9-19-17(21-22)23(26)27/h9-10H,5-8H2,1-4H3,(H,20,24). The summed E-state index contributed by atoms with van der Waals surface area (Å²) in [5.41, 5.74) is 1.49. The molecule has 1 aliphatic carbocycles. The Morgan fingerprint density at radius 1 is 1.45 bits per heavy atom. The fourth-order valence-corrected chi connectivity index (χ4v) is 4.82. The number of ether oxygens (including phenoxy) is 1. The Hall–Kier alpha value is -2.82. The number of carbonyl (C=O) groups is 2. The van der Waals surface area contributed by atoms with Crippen LogP contribution in [0.25, 0.3) is 0 Å². The number of nitrogens with one attached hydrogen (secondary N) is 1. The lowest BCUT2D eigenvalue weighted by Crippen LogP contribution is -2.26. The van der Waals surface area contributed by atoms with Crippen LogP contribution in [0.1, 0.15) is 48.0 Å². The van der Waals surface area contributed by atoms with E-state index in [4.69, 9.17) is 4.74 Å². The van der Waals surface area contributed by atoms with E-state index in [0.717, 1.165) is 40.7 Å². The second-order valence-corrected chi connectivity index (χ2v) is 9.16. The third kappa shape index (κ3) is 4.44. The predicted octanol–water partition coefficient (Wildman–Crippen LogP) is 2.82. The zero-order valence-electron chi connectivity index (χ0n) is 16.7. The van der Waals surface area contributed by atoms with Crippen LogP contribution in [0.2, 0.25) is 0 Å². The molecule has 1 N–H and O–H groups in total. The van der Waals surface area contributed by atoms with Gasteiger partial charge in [0.15, 0.2) is 0 Å². The van der Waals surface area contributed by atoms with E-state index in [1.807, 2.05) is 0 Å². The van der Waals surface area contributed by atoms with E-state index in [0.29, 0.717) is 16.5 Å². The van der Waals surface area contributed by atoms with Crippen LogP contribution < -0.4 is 5.32 Å². The molecule has 1 amide bonds. The molecular formula is C18H23N5O5S. The molecule has 0 aromatic carbocycles. The zero-order chi connectivity index (χ0) is 21.3. The Morgan fingerprint density at radius 2 is 2.17 bits per heavy atom. The third-order valence-electron chi connectivity index (χ3n) is 5.13. The number of nitrogens with zero attached hydrogens (tertiary/aromatic N) is 4. The van der Waals surface area contributed by atoms with E-state index >= 15 is 0 Å². The van der Waals surface area contributed by atoms with Crippen molar-refractivity contribution in [3.05, 3.63) is 32.4 Å². The topological polar surface area (TPSA) is 129 Å². The molecular weight excluding hydrogens is 398 g/mol. The van der Waals surface area contributed by atoms with E-state index in [1.165, 1.54) is 18.4 Å². The van der Waals surface area contributed by atoms with Gasteiger partial charge in [-0.2, -0.15) is 4.68 Å². The van der Waals surface area contributed by atoms with Crippen molar-refractivity contribution in [2.75, 3.05) is 12.4 Å². The van der Waals surface area contributed by atoms with Crippen molar-refractivity contribution in [2.45, 2.75) is 46.6 Å². The molecule has 156 valence electrons. The van der Waals surface area contributed by atoms with Gasteiger partial charge in [0.2, 0.25) is 12.2 Å². The number of amides is 1. The molecule has 3 rings (SSSR count). The summed E-state index contributed by atoms with van der Waals surface area (Å²) < 4.78 is 6.02. The van der Waals surface area contributed by atoms with Gasteiger partial charge in [-0.3, -0.25) is 4.79 Å². The fraction of sp³-hybridized carbons (Fsp3) is 0.556. The van der Waals surface area contributed by atoms with Crippen molar-refractivity contribution in [1.29, 1.82) is 0 Å². The Labute approximate surface area is 171 Å². The number of fused-ring (bicyclic) bond motifs is 1. The van der Waals surface area contributed by atoms with Crippen LogP contribution in [0.3, 0.4) is 0 Å². The van der Waals surface area contributed by atoms with Crippen LogP contribution in [0, 0.1) is 21.4 Å². The number of methoxy groups -OCH3 is 1. The van der Waals surface area contributed by atoms with Crippen LogP contribution in [0.4, 0.5) is 10.9 Å². The fourth-order valence-electron chi connectivity index (χ4n) is 3.49. The van der Waals surface area contributed by atoms with Crippen molar-refractivity contribution in [1.82, 2.24) is 14.8 Å². The van der Waals surface area contributed by atoms with Crippen LogP contribution in [0.5, 0.6) is 0 Å². The molecule has 0 spiro atoms. The molecule has 0 saturated heterocycles. The van der Waals surface area contributed by atoms with Gasteiger partial charge in [0.1, 0.15) is 11.5 Å². The molecule has 0 saturated carbocycles. The van der Waals surface area contributed by atoms with Gasteiger partial charge in [-0.25, -0.2) is 4.79 Å². The number of aromatic nitrogens is 3. The third-order valence-corrected chi connectivity index (χ3v) is 6.30. The first-order valence-electron chi connectivity index (χ1n) is 9.16. The molecule has 0 radical (unpaired) electrons. The SMILES string of the molecule is COC(=O)c1c(NC(=O)Cn2cnc([N+](=O)[O-])n2)sc2c1CCC(C(C)(C)C)C2. The van der Waals surface area contributed by atoms with Crippen molar-refractivity contribution >= 4 is 34.2 Å². The number of carbonyl (C=O) groups excluding carboxylic acids is 2. The molecule has 11 heteroatoms. The zero-order valence-corrected chi connectivity index (χ0v) is 17.5. The summed E-state index contributed by atoms with van der Waals surface area (Å²) in [4.78, 5) is 39.4. The van der Waals surface area contributed by atoms with E-state index in [-0.39, 0.29) is 12.0 Å². The lowest BCUT2D eigenvalue weighted by atomic mass is 9.72. The Balaban J connectivity index is 1.82. The summed E-state index contributed by atoms with van der Waals surface area (Å²) in [6, 6.07) is 0. The van der Waals surface area contributed by atoms with Crippen LogP contribution in [0.15, 0.2) is 6.33 Å². The maximum atomic E-state index is 12.4. The average molecular weight is 421 g/mol. The Kier molecular flexibility index (Phi) is 5.69. The van der Waals surface area contributed by atoms with Gasteiger partial charge in [-0.1, -0.05) is 25.8 Å². The minimum absolute atomic E-state index is 0.151. The first-order chi connectivity index (χ1) is 13.6. The van der Waals surface area contributed by atoms with E-state index in [2.05, 4.69) is 36.2 Å². The Bertz CT molecular complexity index is 958. The number of hydrogen-bond acceptors (Lipinski definition) is 8. The molecule has 2 aromatic rings. The van der Waals surface area contributed by atoms with Crippen molar-refractivity contribution in [3.8, 4) is 0 Å². The maximum absolute atomic E-state index is 12.4. The van der Waals surface area contributed by atoms with Crippen LogP contribution in [-0.2, 0) is 28.9 Å². The number of thiophene rings is 1. The van der Waals surface area contributed by atoms with Crippen molar-refractivity contribution < 1.29 is 19.2 Å². The van der Waals surface area contributed by atoms with Crippen molar-refractivity contribution in [3.63, 3.8) is 0 Å². The molecule has 1 unspecified atom stereocenters. The molecule has 0 aliphatic heterocycles. The van der Waals surface area contributed by atoms with Gasteiger partial charge < -0.3 is 20.2 Å². The van der Waals surface area contributed by atoms with Gasteiger partial charge in [0.25, 0.3) is 0 Å². The highest BCUT2D eigenvalue weighted by Gasteiger charge is 2.34. The quantitative estimate of drug-likeness (QED) is 0.446. The predicted molar refractivity (Wildman–Crippen MR) is 106 cm³/mol. The highest BCUT2D eigenvalue weighted by Crippen LogP contribution is 2.44. The Morgan fingerprint density at radius 3 is 2.76 bits per heavy atom. The molecule has 1 aliphatic rings. The second-order valence-electron chi connectivity index (χ2n) is 8.05. The second kappa shape index (κ2) is 7.90. The minimum atomic E-state index is -0.733. The average Bonchev–Trinajstić information content (AvgIpc) is 3.23. The highest BCUT2D eigenvalue weighted by atomic mass is 32.1. The summed E-state index contributed by atoms with van der Waals surface area (Å²) in [7, 11) is 1.31. The summed E-state index contributed by atoms with van der Waals surface area (Å²) in [5, 5.41) is 17.5. The lowest BCUT2D eigenvalue weighted by Gasteiger charge is -2.33. The van der Waals surface area contributed by atoms with E-state index in [1.54, 1.807) is 0 Å². The molecule has 0 bridgehead atoms. The summed E-state index contributed by atoms with van der Waals surface area (Å²) >= 11 is 1.39. The van der Waals surface area contributed by atoms with E-state index in [9.17, 15) is 19.7 Å². The van der Waals surface area contributed by atoms with Gasteiger partial charge >= 0.3 is 11.9 Å². The monoisotopic (exact) mass is 421 g/mol. The highest BCUT2D eigenvalue weighted by molar-refractivity contribution is 7.17. The molecule has 2 heterocycles. The van der Waals surface area contributed by atoms with Crippen LogP contribution >= 0.6 is 11.3 Å². The van der Waals surface area contributed by atoms with E-state index < -0.39 is 22.7 Å². The number of rotatable bonds is 5. The first kappa shape index (κ1) is 20.9. The number of anilines is 1. The normalized spacial score (nSPS) is 16.2. The number of hydrogen-bond donors (Lipinski definition) is 1. The summed E-state index contributed by atoms with van der Waals surface area (Å²) in [6.45, 7) is 6.36. The smallest absolute Gasteiger partial charge is 0.465 e. The van der Waals surface area contributed by atoms with Crippen molar-refractivity contribution in [2.24, 2.45) is 11.3 Å². The summed E-state index contributed by atoms with van der Waals surface area (Å²) in [6.07, 6.45) is 3.68. The first-order valence-corrected chi connectivity index (χ1v) is 9.98. The van der Waals surface area contributed by atoms with Gasteiger partial charge in [0, 0.05) is 9.98 Å². The van der Waals surface area contributed by atoms with Gasteiger partial charge in [0.05, 0.1) is 12.7 Å². The number of nitro groups is 1. The minimum Gasteiger partial charge on any atom is -0.465 e. The molecule has 1 atom stereocenters. The van der Waals surface area contributed by atoms with Gasteiger partial charge in [-0.05, 0) is 41.1 Å². The molecule has 10 nitrogen and oxygen atoms in total. The summed E-state index contributed by atoms with van der Waals surface area (Å²) in [5.74, 6) is -1.03. The molecule has 29 heavy (non-hydrogen) atoms. The lowest BCUT2D eigenvalue weighted by molar-refractivity contribution is -0.394. The maximum Gasteiger partial charge on any atom is 0.490 e. The molecule has 0 fully saturated rings. The number of esters is 1. The van der Waals surface area contributed by atoms with Gasteiger partial charge in [-0.15, -0.1) is 11.3 Å². The largest absolute Gasteiger partial charge is 0.490 e.